The Hall–Kier alpha value is -2.42. The minimum Gasteiger partial charge on any atom is -0.334 e. The molecule has 0 saturated carbocycles. The molecule has 0 radical (unpaired) electrons. The van der Waals surface area contributed by atoms with Crippen LogP contribution in [0.5, 0.6) is 0 Å². The largest absolute Gasteiger partial charge is 0.334 e. The molecule has 1 saturated heterocycles. The second kappa shape index (κ2) is 5.99. The zero-order valence-electron chi connectivity index (χ0n) is 12.1. The van der Waals surface area contributed by atoms with Gasteiger partial charge in [-0.25, -0.2) is 22.3 Å². The quantitative estimate of drug-likeness (QED) is 0.883. The van der Waals surface area contributed by atoms with Gasteiger partial charge in [0.1, 0.15) is 5.82 Å². The number of sulfone groups is 1. The number of anilines is 1. The van der Waals surface area contributed by atoms with Crippen LogP contribution in [-0.4, -0.2) is 41.8 Å². The summed E-state index contributed by atoms with van der Waals surface area (Å²) in [6.07, 6.45) is 3.61. The third-order valence-corrected chi connectivity index (χ3v) is 5.29. The molecule has 2 aromatic rings. The second-order valence-electron chi connectivity index (χ2n) is 5.31. The zero-order chi connectivity index (χ0) is 16.4. The number of carbonyl (C=O) groups is 1. The molecule has 7 nitrogen and oxygen atoms in total. The molecule has 9 heteroatoms. The van der Waals surface area contributed by atoms with Gasteiger partial charge in [0.05, 0.1) is 22.9 Å². The SMILES string of the molecule is O=C(Nc1cc(F)ccc1-n1cccn1)N[C@@H]1CCS(=O)(=O)C1. The van der Waals surface area contributed by atoms with Gasteiger partial charge in [0, 0.05) is 18.4 Å². The van der Waals surface area contributed by atoms with Crippen molar-refractivity contribution in [3.05, 3.63) is 42.5 Å². The fourth-order valence-corrected chi connectivity index (χ4v) is 4.15. The standard InChI is InChI=1S/C14H15FN4O3S/c15-10-2-3-13(19-6-1-5-16-19)12(8-10)18-14(20)17-11-4-7-23(21,22)9-11/h1-3,5-6,8,11H,4,7,9H2,(H2,17,18,20)/t11-/m1/s1. The lowest BCUT2D eigenvalue weighted by atomic mass is 10.2. The minimum atomic E-state index is -3.08. The van der Waals surface area contributed by atoms with Gasteiger partial charge in [-0.2, -0.15) is 5.10 Å². The summed E-state index contributed by atoms with van der Waals surface area (Å²) in [5, 5.41) is 9.19. The van der Waals surface area contributed by atoms with E-state index < -0.39 is 27.7 Å². The molecule has 1 atom stereocenters. The summed E-state index contributed by atoms with van der Waals surface area (Å²) < 4.78 is 37.8. The van der Waals surface area contributed by atoms with Gasteiger partial charge in [0.2, 0.25) is 0 Å². The Labute approximate surface area is 132 Å². The third-order valence-electron chi connectivity index (χ3n) is 3.53. The number of urea groups is 1. The van der Waals surface area contributed by atoms with Gasteiger partial charge in [0.25, 0.3) is 0 Å². The lowest BCUT2D eigenvalue weighted by molar-refractivity contribution is 0.249. The van der Waals surface area contributed by atoms with Crippen molar-refractivity contribution >= 4 is 21.6 Å². The molecule has 2 amide bonds. The molecule has 2 N–H and O–H groups in total. The molecular formula is C14H15FN4O3S. The molecule has 1 aliphatic rings. The fraction of sp³-hybridized carbons (Fsp3) is 0.286. The van der Waals surface area contributed by atoms with Crippen LogP contribution in [-0.2, 0) is 9.84 Å². The van der Waals surface area contributed by atoms with Crippen molar-refractivity contribution in [1.82, 2.24) is 15.1 Å². The smallest absolute Gasteiger partial charge is 0.319 e. The van der Waals surface area contributed by atoms with E-state index in [9.17, 15) is 17.6 Å². The van der Waals surface area contributed by atoms with Gasteiger partial charge >= 0.3 is 6.03 Å². The molecule has 3 rings (SSSR count). The van der Waals surface area contributed by atoms with Crippen LogP contribution in [0.15, 0.2) is 36.7 Å². The Morgan fingerprint density at radius 2 is 2.22 bits per heavy atom. The number of halogens is 1. The molecule has 1 aliphatic heterocycles. The van der Waals surface area contributed by atoms with Crippen molar-refractivity contribution in [2.75, 3.05) is 16.8 Å². The lowest BCUT2D eigenvalue weighted by Crippen LogP contribution is -2.38. The summed E-state index contributed by atoms with van der Waals surface area (Å²) in [4.78, 5) is 12.0. The van der Waals surface area contributed by atoms with E-state index in [1.165, 1.54) is 22.9 Å². The highest BCUT2D eigenvalue weighted by Gasteiger charge is 2.29. The molecule has 0 aliphatic carbocycles. The summed E-state index contributed by atoms with van der Waals surface area (Å²) in [5.74, 6) is -0.508. The first-order chi connectivity index (χ1) is 10.9. The summed E-state index contributed by atoms with van der Waals surface area (Å²) in [7, 11) is -3.08. The van der Waals surface area contributed by atoms with E-state index in [0.717, 1.165) is 0 Å². The van der Waals surface area contributed by atoms with Crippen LogP contribution in [0.2, 0.25) is 0 Å². The summed E-state index contributed by atoms with van der Waals surface area (Å²) in [5.41, 5.74) is 0.748. The number of nitrogens with one attached hydrogen (secondary N) is 2. The van der Waals surface area contributed by atoms with Crippen molar-refractivity contribution in [3.8, 4) is 5.69 Å². The maximum atomic E-state index is 13.5. The minimum absolute atomic E-state index is 0.0659. The highest BCUT2D eigenvalue weighted by atomic mass is 32.2. The predicted molar refractivity (Wildman–Crippen MR) is 82.7 cm³/mol. The molecule has 1 fully saturated rings. The van der Waals surface area contributed by atoms with Gasteiger partial charge < -0.3 is 10.6 Å². The number of benzene rings is 1. The number of aromatic nitrogens is 2. The number of nitrogens with zero attached hydrogens (tertiary/aromatic N) is 2. The Kier molecular flexibility index (Phi) is 4.03. The van der Waals surface area contributed by atoms with Crippen molar-refractivity contribution in [3.63, 3.8) is 0 Å². The van der Waals surface area contributed by atoms with E-state index in [2.05, 4.69) is 15.7 Å². The number of hydrogen-bond acceptors (Lipinski definition) is 4. The molecule has 0 bridgehead atoms. The van der Waals surface area contributed by atoms with Gasteiger partial charge in [-0.05, 0) is 30.7 Å². The first-order valence-electron chi connectivity index (χ1n) is 7.00. The molecule has 23 heavy (non-hydrogen) atoms. The lowest BCUT2D eigenvalue weighted by Gasteiger charge is -2.14. The van der Waals surface area contributed by atoms with Gasteiger partial charge in [-0.1, -0.05) is 0 Å². The zero-order valence-corrected chi connectivity index (χ0v) is 12.9. The third kappa shape index (κ3) is 3.67. The first-order valence-corrected chi connectivity index (χ1v) is 8.83. The van der Waals surface area contributed by atoms with Crippen molar-refractivity contribution in [2.45, 2.75) is 12.5 Å². The molecule has 0 spiro atoms. The van der Waals surface area contributed by atoms with E-state index in [1.807, 2.05) is 0 Å². The number of amides is 2. The van der Waals surface area contributed by atoms with E-state index in [0.29, 0.717) is 12.1 Å². The van der Waals surface area contributed by atoms with Crippen LogP contribution in [0.25, 0.3) is 5.69 Å². The van der Waals surface area contributed by atoms with Crippen LogP contribution >= 0.6 is 0 Å². The molecule has 0 unspecified atom stereocenters. The average molecular weight is 338 g/mol. The van der Waals surface area contributed by atoms with Crippen LogP contribution in [0, 0.1) is 5.82 Å². The van der Waals surface area contributed by atoms with Crippen LogP contribution in [0.3, 0.4) is 0 Å². The van der Waals surface area contributed by atoms with Crippen molar-refractivity contribution in [1.29, 1.82) is 0 Å². The Morgan fingerprint density at radius 1 is 1.39 bits per heavy atom. The maximum absolute atomic E-state index is 13.5. The first kappa shape index (κ1) is 15.5. The molecule has 1 aromatic heterocycles. The Bertz CT molecular complexity index is 821. The van der Waals surface area contributed by atoms with E-state index >= 15 is 0 Å². The fourth-order valence-electron chi connectivity index (χ4n) is 2.47. The number of rotatable bonds is 3. The van der Waals surface area contributed by atoms with Crippen LogP contribution in [0.4, 0.5) is 14.9 Å². The monoisotopic (exact) mass is 338 g/mol. The number of hydrogen-bond donors (Lipinski definition) is 2. The number of carbonyl (C=O) groups excluding carboxylic acids is 1. The van der Waals surface area contributed by atoms with Crippen LogP contribution < -0.4 is 10.6 Å². The predicted octanol–water partition coefficient (Wildman–Crippen LogP) is 1.32. The summed E-state index contributed by atoms with van der Waals surface area (Å²) in [6, 6.07) is 4.65. The Morgan fingerprint density at radius 3 is 2.87 bits per heavy atom. The topological polar surface area (TPSA) is 93.1 Å². The Balaban J connectivity index is 1.75. The molecular weight excluding hydrogens is 323 g/mol. The molecule has 1 aromatic carbocycles. The van der Waals surface area contributed by atoms with E-state index in [4.69, 9.17) is 0 Å². The molecule has 2 heterocycles. The second-order valence-corrected chi connectivity index (χ2v) is 7.54. The normalized spacial score (nSPS) is 19.4. The van der Waals surface area contributed by atoms with E-state index in [-0.39, 0.29) is 17.2 Å². The molecule has 122 valence electrons. The van der Waals surface area contributed by atoms with Gasteiger partial charge in [-0.15, -0.1) is 0 Å². The highest BCUT2D eigenvalue weighted by Crippen LogP contribution is 2.21. The van der Waals surface area contributed by atoms with Gasteiger partial charge in [0.15, 0.2) is 9.84 Å². The van der Waals surface area contributed by atoms with E-state index in [1.54, 1.807) is 18.5 Å². The van der Waals surface area contributed by atoms with Crippen molar-refractivity contribution in [2.24, 2.45) is 0 Å². The average Bonchev–Trinajstić information content (AvgIpc) is 3.09. The van der Waals surface area contributed by atoms with Gasteiger partial charge in [-0.3, -0.25) is 0 Å². The highest BCUT2D eigenvalue weighted by molar-refractivity contribution is 7.91. The maximum Gasteiger partial charge on any atom is 0.319 e. The summed E-state index contributed by atoms with van der Waals surface area (Å²) in [6.45, 7) is 0. The van der Waals surface area contributed by atoms with Crippen LogP contribution in [0.1, 0.15) is 6.42 Å². The summed E-state index contributed by atoms with van der Waals surface area (Å²) >= 11 is 0. The van der Waals surface area contributed by atoms with Crippen molar-refractivity contribution < 1.29 is 17.6 Å².